The average Bonchev–Trinajstić information content (AvgIpc) is 2.82. The van der Waals surface area contributed by atoms with Crippen molar-refractivity contribution in [3.8, 4) is 5.75 Å². The fourth-order valence-corrected chi connectivity index (χ4v) is 7.30. The molecule has 2 aromatic rings. The van der Waals surface area contributed by atoms with Crippen molar-refractivity contribution in [1.29, 1.82) is 0 Å². The lowest BCUT2D eigenvalue weighted by Crippen LogP contribution is -2.43. The van der Waals surface area contributed by atoms with Gasteiger partial charge in [0.1, 0.15) is 5.75 Å². The van der Waals surface area contributed by atoms with E-state index >= 15 is 0 Å². The van der Waals surface area contributed by atoms with Crippen LogP contribution in [0.1, 0.15) is 69.4 Å². The van der Waals surface area contributed by atoms with E-state index in [1.165, 1.54) is 0 Å². The molecule has 2 aromatic carbocycles. The van der Waals surface area contributed by atoms with Crippen molar-refractivity contribution in [3.63, 3.8) is 0 Å². The van der Waals surface area contributed by atoms with E-state index in [2.05, 4.69) is 13.8 Å². The summed E-state index contributed by atoms with van der Waals surface area (Å²) in [7, 11) is 0.218. The van der Waals surface area contributed by atoms with Crippen LogP contribution in [0.5, 0.6) is 5.75 Å². The second-order valence-electron chi connectivity index (χ2n) is 9.46. The van der Waals surface area contributed by atoms with Crippen molar-refractivity contribution in [2.75, 3.05) is 24.7 Å². The van der Waals surface area contributed by atoms with Gasteiger partial charge in [-0.3, -0.25) is 0 Å². The van der Waals surface area contributed by atoms with Gasteiger partial charge in [0.15, 0.2) is 9.84 Å². The number of benzene rings is 2. The first-order chi connectivity index (χ1) is 15.1. The number of sulfone groups is 1. The number of aliphatic hydroxyl groups excluding tert-OH is 1. The smallest absolute Gasteiger partial charge is 0.179 e. The zero-order valence-electron chi connectivity index (χ0n) is 19.7. The SMILES string of the molecule is CCCCC1(CCCC)CS(=O)(=O)c2ccc(N(C)C)cc2[C@@H](c2cccc(O)c2)C1O. The van der Waals surface area contributed by atoms with Gasteiger partial charge in [-0.25, -0.2) is 8.42 Å². The fraction of sp³-hybridized carbons (Fsp3) is 0.538. The minimum Gasteiger partial charge on any atom is -0.508 e. The zero-order chi connectivity index (χ0) is 23.5. The minimum absolute atomic E-state index is 0.0508. The standard InChI is InChI=1S/C26H37NO4S/c1-5-7-14-26(15-8-6-2)18-32(30,31)23-13-12-20(27(3)4)17-22(23)24(25(26)29)19-10-9-11-21(28)16-19/h9-13,16-17,24-25,28-29H,5-8,14-15,18H2,1-4H3/t24-,25?/m1/s1. The summed E-state index contributed by atoms with van der Waals surface area (Å²) in [6, 6.07) is 12.3. The molecule has 1 heterocycles. The van der Waals surface area contributed by atoms with Gasteiger partial charge in [-0.15, -0.1) is 0 Å². The van der Waals surface area contributed by atoms with Crippen LogP contribution in [0.15, 0.2) is 47.4 Å². The molecule has 1 aliphatic heterocycles. The van der Waals surface area contributed by atoms with Gasteiger partial charge < -0.3 is 15.1 Å². The van der Waals surface area contributed by atoms with Gasteiger partial charge in [-0.2, -0.15) is 0 Å². The third kappa shape index (κ3) is 4.81. The molecule has 0 fully saturated rings. The molecule has 32 heavy (non-hydrogen) atoms. The highest BCUT2D eigenvalue weighted by Crippen LogP contribution is 2.50. The van der Waals surface area contributed by atoms with Gasteiger partial charge in [0.25, 0.3) is 0 Å². The monoisotopic (exact) mass is 459 g/mol. The van der Waals surface area contributed by atoms with Crippen LogP contribution in [-0.2, 0) is 9.84 Å². The number of rotatable bonds is 8. The van der Waals surface area contributed by atoms with Gasteiger partial charge in [0.05, 0.1) is 16.8 Å². The molecule has 6 heteroatoms. The first kappa shape index (κ1) is 24.6. The third-order valence-electron chi connectivity index (χ3n) is 6.89. The first-order valence-corrected chi connectivity index (χ1v) is 13.3. The Morgan fingerprint density at radius 1 is 1.03 bits per heavy atom. The van der Waals surface area contributed by atoms with Crippen molar-refractivity contribution in [2.24, 2.45) is 5.41 Å². The number of nitrogens with zero attached hydrogens (tertiary/aromatic N) is 1. The number of anilines is 1. The summed E-state index contributed by atoms with van der Waals surface area (Å²) in [5, 5.41) is 22.2. The molecule has 0 bridgehead atoms. The van der Waals surface area contributed by atoms with Gasteiger partial charge in [0.2, 0.25) is 0 Å². The molecular formula is C26H37NO4S. The summed E-state index contributed by atoms with van der Waals surface area (Å²) in [4.78, 5) is 2.23. The van der Waals surface area contributed by atoms with Crippen LogP contribution in [0.25, 0.3) is 0 Å². The molecule has 1 aliphatic rings. The molecule has 0 aliphatic carbocycles. The van der Waals surface area contributed by atoms with Gasteiger partial charge in [-0.05, 0) is 54.3 Å². The molecule has 2 N–H and O–H groups in total. The average molecular weight is 460 g/mol. The first-order valence-electron chi connectivity index (χ1n) is 11.7. The predicted octanol–water partition coefficient (Wildman–Crippen LogP) is 5.11. The summed E-state index contributed by atoms with van der Waals surface area (Å²) in [5.41, 5.74) is 1.50. The number of phenolic OH excluding ortho intramolecular Hbond substituents is 1. The van der Waals surface area contributed by atoms with E-state index in [1.807, 2.05) is 37.2 Å². The van der Waals surface area contributed by atoms with Crippen molar-refractivity contribution in [3.05, 3.63) is 53.6 Å². The molecule has 3 rings (SSSR count). The van der Waals surface area contributed by atoms with Crippen molar-refractivity contribution < 1.29 is 18.6 Å². The number of aromatic hydroxyl groups is 1. The molecule has 5 nitrogen and oxygen atoms in total. The summed E-state index contributed by atoms with van der Waals surface area (Å²) in [6.45, 7) is 4.19. The van der Waals surface area contributed by atoms with Gasteiger partial charge >= 0.3 is 0 Å². The Bertz CT molecular complexity index is 1020. The van der Waals surface area contributed by atoms with Crippen LogP contribution in [0, 0.1) is 5.41 Å². The molecule has 0 saturated heterocycles. The second kappa shape index (κ2) is 9.84. The Hall–Kier alpha value is -2.05. The number of unbranched alkanes of at least 4 members (excludes halogenated alkanes) is 2. The number of phenols is 1. The summed E-state index contributed by atoms with van der Waals surface area (Å²) < 4.78 is 27.5. The third-order valence-corrected chi connectivity index (χ3v) is 8.88. The van der Waals surface area contributed by atoms with Crippen molar-refractivity contribution >= 4 is 15.5 Å². The Morgan fingerprint density at radius 2 is 1.69 bits per heavy atom. The van der Waals surface area contributed by atoms with Crippen LogP contribution in [0.4, 0.5) is 5.69 Å². The van der Waals surface area contributed by atoms with Gasteiger partial charge in [-0.1, -0.05) is 51.7 Å². The maximum Gasteiger partial charge on any atom is 0.179 e. The summed E-state index contributed by atoms with van der Waals surface area (Å²) in [5.74, 6) is -0.479. The Kier molecular flexibility index (Phi) is 7.56. The van der Waals surface area contributed by atoms with Crippen molar-refractivity contribution in [2.45, 2.75) is 69.3 Å². The zero-order valence-corrected chi connectivity index (χ0v) is 20.5. The maximum absolute atomic E-state index is 13.7. The molecule has 0 spiro atoms. The van der Waals surface area contributed by atoms with E-state index in [1.54, 1.807) is 24.3 Å². The van der Waals surface area contributed by atoms with Crippen molar-refractivity contribution in [1.82, 2.24) is 0 Å². The highest BCUT2D eigenvalue weighted by molar-refractivity contribution is 7.91. The molecule has 1 unspecified atom stereocenters. The highest BCUT2D eigenvalue weighted by Gasteiger charge is 2.49. The number of fused-ring (bicyclic) bond motifs is 1. The van der Waals surface area contributed by atoms with E-state index in [4.69, 9.17) is 0 Å². The van der Waals surface area contributed by atoms with E-state index in [0.717, 1.165) is 36.9 Å². The number of hydrogen-bond donors (Lipinski definition) is 2. The van der Waals surface area contributed by atoms with Gasteiger partial charge in [0, 0.05) is 31.1 Å². The molecule has 0 amide bonds. The number of aliphatic hydroxyl groups is 1. The topological polar surface area (TPSA) is 77.8 Å². The molecule has 0 saturated carbocycles. The van der Waals surface area contributed by atoms with E-state index in [-0.39, 0.29) is 11.5 Å². The largest absolute Gasteiger partial charge is 0.508 e. The van der Waals surface area contributed by atoms with E-state index in [9.17, 15) is 18.6 Å². The summed E-state index contributed by atoms with van der Waals surface area (Å²) in [6.07, 6.45) is 4.05. The molecule has 176 valence electrons. The molecule has 0 radical (unpaired) electrons. The Balaban J connectivity index is 2.31. The van der Waals surface area contributed by atoms with Crippen LogP contribution >= 0.6 is 0 Å². The highest BCUT2D eigenvalue weighted by atomic mass is 32.2. The molecule has 2 atom stereocenters. The lowest BCUT2D eigenvalue weighted by Gasteiger charge is -2.40. The van der Waals surface area contributed by atoms with Crippen LogP contribution in [-0.4, -0.2) is 44.6 Å². The fourth-order valence-electron chi connectivity index (χ4n) is 5.11. The Morgan fingerprint density at radius 3 is 2.25 bits per heavy atom. The van der Waals surface area contributed by atoms with E-state index < -0.39 is 27.3 Å². The quantitative estimate of drug-likeness (QED) is 0.574. The maximum atomic E-state index is 13.7. The minimum atomic E-state index is -3.61. The van der Waals surface area contributed by atoms with E-state index in [0.29, 0.717) is 23.3 Å². The Labute approximate surface area is 193 Å². The molecular weight excluding hydrogens is 422 g/mol. The van der Waals surface area contributed by atoms with Crippen LogP contribution < -0.4 is 4.90 Å². The second-order valence-corrected chi connectivity index (χ2v) is 11.4. The summed E-state index contributed by atoms with van der Waals surface area (Å²) >= 11 is 0. The van der Waals surface area contributed by atoms with Crippen LogP contribution in [0.2, 0.25) is 0 Å². The lowest BCUT2D eigenvalue weighted by molar-refractivity contribution is 0.0127. The predicted molar refractivity (Wildman–Crippen MR) is 130 cm³/mol. The number of hydrogen-bond acceptors (Lipinski definition) is 5. The normalized spacial score (nSPS) is 21.5. The molecule has 0 aromatic heterocycles. The lowest BCUT2D eigenvalue weighted by atomic mass is 9.68. The van der Waals surface area contributed by atoms with Crippen LogP contribution in [0.3, 0.4) is 0 Å².